The SMILES string of the molecule is CC(C)C#N.CCC1C(C)=Nn2cnnc2C1CC. The van der Waals surface area contributed by atoms with Crippen LogP contribution in [0.5, 0.6) is 0 Å². The molecule has 0 radical (unpaired) electrons. The lowest BCUT2D eigenvalue weighted by molar-refractivity contribution is 0.446. The summed E-state index contributed by atoms with van der Waals surface area (Å²) >= 11 is 0. The average molecular weight is 261 g/mol. The number of nitriles is 1. The van der Waals surface area contributed by atoms with Crippen LogP contribution in [-0.2, 0) is 0 Å². The van der Waals surface area contributed by atoms with Crippen molar-refractivity contribution in [2.75, 3.05) is 0 Å². The maximum Gasteiger partial charge on any atom is 0.158 e. The van der Waals surface area contributed by atoms with E-state index in [9.17, 15) is 0 Å². The molecule has 1 aliphatic heterocycles. The second-order valence-corrected chi connectivity index (χ2v) is 5.09. The third-order valence-electron chi connectivity index (χ3n) is 3.31. The summed E-state index contributed by atoms with van der Waals surface area (Å²) in [4.78, 5) is 0. The Balaban J connectivity index is 0.000000312. The third-order valence-corrected chi connectivity index (χ3v) is 3.31. The quantitative estimate of drug-likeness (QED) is 0.821. The Morgan fingerprint density at radius 3 is 2.37 bits per heavy atom. The average Bonchev–Trinajstić information content (AvgIpc) is 2.85. The summed E-state index contributed by atoms with van der Waals surface area (Å²) in [5.41, 5.74) is 1.20. The topological polar surface area (TPSA) is 66.9 Å². The van der Waals surface area contributed by atoms with E-state index < -0.39 is 0 Å². The first-order valence-electron chi connectivity index (χ1n) is 6.90. The monoisotopic (exact) mass is 261 g/mol. The Morgan fingerprint density at radius 2 is 1.89 bits per heavy atom. The molecule has 104 valence electrons. The van der Waals surface area contributed by atoms with E-state index in [4.69, 9.17) is 5.26 Å². The molecule has 2 heterocycles. The lowest BCUT2D eigenvalue weighted by Gasteiger charge is -2.27. The molecule has 0 spiro atoms. The molecular formula is C14H23N5. The smallest absolute Gasteiger partial charge is 0.158 e. The number of hydrogen-bond acceptors (Lipinski definition) is 4. The maximum absolute atomic E-state index is 7.89. The van der Waals surface area contributed by atoms with Gasteiger partial charge in [-0.2, -0.15) is 10.4 Å². The molecule has 2 rings (SSSR count). The van der Waals surface area contributed by atoms with Crippen LogP contribution in [0, 0.1) is 23.2 Å². The Morgan fingerprint density at radius 1 is 1.32 bits per heavy atom. The van der Waals surface area contributed by atoms with Crippen LogP contribution in [0.1, 0.15) is 59.2 Å². The van der Waals surface area contributed by atoms with E-state index in [1.54, 1.807) is 6.33 Å². The molecule has 5 heteroatoms. The van der Waals surface area contributed by atoms with Crippen LogP contribution in [-0.4, -0.2) is 20.6 Å². The molecule has 0 aliphatic carbocycles. The van der Waals surface area contributed by atoms with Crippen molar-refractivity contribution in [3.05, 3.63) is 12.2 Å². The van der Waals surface area contributed by atoms with Crippen molar-refractivity contribution in [3.63, 3.8) is 0 Å². The number of rotatable bonds is 2. The lowest BCUT2D eigenvalue weighted by Crippen LogP contribution is -2.27. The van der Waals surface area contributed by atoms with Gasteiger partial charge in [0.25, 0.3) is 0 Å². The number of nitrogens with zero attached hydrogens (tertiary/aromatic N) is 5. The van der Waals surface area contributed by atoms with Crippen LogP contribution in [0.15, 0.2) is 11.4 Å². The summed E-state index contributed by atoms with van der Waals surface area (Å²) in [6.07, 6.45) is 3.91. The molecule has 1 aromatic heterocycles. The maximum atomic E-state index is 7.89. The van der Waals surface area contributed by atoms with Gasteiger partial charge in [0.1, 0.15) is 6.33 Å². The van der Waals surface area contributed by atoms with E-state index in [-0.39, 0.29) is 5.92 Å². The predicted molar refractivity (Wildman–Crippen MR) is 75.8 cm³/mol. The highest BCUT2D eigenvalue weighted by atomic mass is 15.4. The van der Waals surface area contributed by atoms with Gasteiger partial charge in [0, 0.05) is 23.5 Å². The summed E-state index contributed by atoms with van der Waals surface area (Å²) in [5.74, 6) is 2.23. The minimum Gasteiger partial charge on any atom is -0.204 e. The fraction of sp³-hybridized carbons (Fsp3) is 0.714. The summed E-state index contributed by atoms with van der Waals surface area (Å²) in [7, 11) is 0. The summed E-state index contributed by atoms with van der Waals surface area (Å²) in [5, 5.41) is 20.4. The van der Waals surface area contributed by atoms with Crippen molar-refractivity contribution >= 4 is 5.71 Å². The second-order valence-electron chi connectivity index (χ2n) is 5.09. The summed E-state index contributed by atoms with van der Waals surface area (Å²) in [6, 6.07) is 2.03. The second kappa shape index (κ2) is 7.03. The van der Waals surface area contributed by atoms with Crippen molar-refractivity contribution in [2.45, 2.75) is 53.4 Å². The van der Waals surface area contributed by atoms with Gasteiger partial charge in [-0.05, 0) is 33.6 Å². The number of hydrogen-bond donors (Lipinski definition) is 0. The van der Waals surface area contributed by atoms with Gasteiger partial charge in [-0.1, -0.05) is 13.8 Å². The Hall–Kier alpha value is -1.70. The van der Waals surface area contributed by atoms with Crippen LogP contribution in [0.2, 0.25) is 0 Å². The standard InChI is InChI=1S/C10H16N4.C4H7N/c1-4-8-7(3)13-14-6-11-12-10(14)9(8)5-2;1-4(2)3-5/h6,8-9H,4-5H2,1-3H3;4H,1-2H3. The molecular weight excluding hydrogens is 238 g/mol. The molecule has 19 heavy (non-hydrogen) atoms. The van der Waals surface area contributed by atoms with E-state index >= 15 is 0 Å². The van der Waals surface area contributed by atoms with Crippen LogP contribution < -0.4 is 0 Å². The number of aromatic nitrogens is 3. The van der Waals surface area contributed by atoms with Gasteiger partial charge in [0.05, 0.1) is 6.07 Å². The molecule has 0 N–H and O–H groups in total. The first-order chi connectivity index (χ1) is 9.04. The fourth-order valence-corrected chi connectivity index (χ4v) is 2.32. The largest absolute Gasteiger partial charge is 0.204 e. The van der Waals surface area contributed by atoms with Crippen LogP contribution in [0.3, 0.4) is 0 Å². The van der Waals surface area contributed by atoms with E-state index in [0.29, 0.717) is 11.8 Å². The van der Waals surface area contributed by atoms with Crippen LogP contribution in [0.25, 0.3) is 0 Å². The van der Waals surface area contributed by atoms with Crippen LogP contribution in [0.4, 0.5) is 0 Å². The lowest BCUT2D eigenvalue weighted by atomic mass is 9.83. The van der Waals surface area contributed by atoms with Gasteiger partial charge in [-0.25, -0.2) is 4.68 Å². The van der Waals surface area contributed by atoms with Gasteiger partial charge in [0.2, 0.25) is 0 Å². The van der Waals surface area contributed by atoms with E-state index in [1.807, 2.05) is 24.6 Å². The molecule has 0 bridgehead atoms. The van der Waals surface area contributed by atoms with Gasteiger partial charge in [0.15, 0.2) is 5.82 Å². The molecule has 1 aromatic rings. The van der Waals surface area contributed by atoms with Crippen molar-refractivity contribution in [3.8, 4) is 6.07 Å². The first-order valence-corrected chi connectivity index (χ1v) is 6.90. The Bertz CT molecular complexity index is 466. The minimum absolute atomic E-state index is 0.190. The highest BCUT2D eigenvalue weighted by Crippen LogP contribution is 2.33. The van der Waals surface area contributed by atoms with Gasteiger partial charge in [-0.3, -0.25) is 0 Å². The molecule has 1 aliphatic rings. The zero-order chi connectivity index (χ0) is 14.4. The van der Waals surface area contributed by atoms with E-state index in [1.165, 1.54) is 5.71 Å². The molecule has 5 nitrogen and oxygen atoms in total. The van der Waals surface area contributed by atoms with Crippen molar-refractivity contribution in [1.82, 2.24) is 14.9 Å². The van der Waals surface area contributed by atoms with Gasteiger partial charge < -0.3 is 0 Å². The minimum atomic E-state index is 0.190. The van der Waals surface area contributed by atoms with E-state index in [0.717, 1.165) is 18.7 Å². The predicted octanol–water partition coefficient (Wildman–Crippen LogP) is 3.20. The summed E-state index contributed by atoms with van der Waals surface area (Å²) < 4.78 is 1.82. The summed E-state index contributed by atoms with van der Waals surface area (Å²) in [6.45, 7) is 10.2. The zero-order valence-electron chi connectivity index (χ0n) is 12.5. The molecule has 0 amide bonds. The molecule has 0 saturated carbocycles. The molecule has 2 atom stereocenters. The molecule has 2 unspecified atom stereocenters. The highest BCUT2D eigenvalue weighted by Gasteiger charge is 2.30. The zero-order valence-corrected chi connectivity index (χ0v) is 12.5. The highest BCUT2D eigenvalue weighted by molar-refractivity contribution is 5.85. The first kappa shape index (κ1) is 15.4. The van der Waals surface area contributed by atoms with Crippen molar-refractivity contribution in [2.24, 2.45) is 16.9 Å². The molecule has 0 fully saturated rings. The number of fused-ring (bicyclic) bond motifs is 1. The molecule has 0 aromatic carbocycles. The Labute approximate surface area is 115 Å². The molecule has 0 saturated heterocycles. The third kappa shape index (κ3) is 3.63. The van der Waals surface area contributed by atoms with Gasteiger partial charge in [-0.15, -0.1) is 10.2 Å². The Kier molecular flexibility index (Phi) is 5.68. The fourth-order valence-electron chi connectivity index (χ4n) is 2.32. The van der Waals surface area contributed by atoms with Crippen molar-refractivity contribution in [1.29, 1.82) is 5.26 Å². The van der Waals surface area contributed by atoms with Crippen molar-refractivity contribution < 1.29 is 0 Å². The normalized spacial score (nSPS) is 21.0. The van der Waals surface area contributed by atoms with Crippen LogP contribution >= 0.6 is 0 Å². The van der Waals surface area contributed by atoms with E-state index in [2.05, 4.69) is 36.1 Å². The van der Waals surface area contributed by atoms with Gasteiger partial charge >= 0.3 is 0 Å².